The summed E-state index contributed by atoms with van der Waals surface area (Å²) in [7, 11) is 0. The Bertz CT molecular complexity index is 1400. The minimum absolute atomic E-state index is 0.0282. The number of para-hydroxylation sites is 1. The third-order valence-electron chi connectivity index (χ3n) is 5.13. The molecule has 2 aromatic heterocycles. The first-order valence-electron chi connectivity index (χ1n) is 9.97. The van der Waals surface area contributed by atoms with E-state index in [2.05, 4.69) is 10.3 Å². The van der Waals surface area contributed by atoms with Crippen molar-refractivity contribution >= 4 is 11.6 Å². The molecule has 5 rings (SSSR count). The van der Waals surface area contributed by atoms with Crippen LogP contribution >= 0.6 is 11.6 Å². The fourth-order valence-corrected chi connectivity index (χ4v) is 3.98. The number of hydrogen-bond acceptors (Lipinski definition) is 3. The normalized spacial score (nSPS) is 11.6. The fraction of sp³-hybridized carbons (Fsp3) is 0.0400. The van der Waals surface area contributed by atoms with Crippen molar-refractivity contribution in [1.29, 1.82) is 0 Å². The number of rotatable bonds is 4. The Balaban J connectivity index is 1.82. The molecule has 8 heteroatoms. The fourth-order valence-electron chi connectivity index (χ4n) is 3.67. The van der Waals surface area contributed by atoms with E-state index >= 15 is 0 Å². The summed E-state index contributed by atoms with van der Waals surface area (Å²) in [6, 6.07) is 26.4. The van der Waals surface area contributed by atoms with Crippen molar-refractivity contribution in [3.63, 3.8) is 0 Å². The van der Waals surface area contributed by atoms with Crippen molar-refractivity contribution < 1.29 is 17.7 Å². The molecule has 0 unspecified atom stereocenters. The van der Waals surface area contributed by atoms with Crippen LogP contribution in [0, 0.1) is 0 Å². The van der Waals surface area contributed by atoms with Crippen LogP contribution in [-0.2, 0) is 6.18 Å². The van der Waals surface area contributed by atoms with Gasteiger partial charge in [-0.25, -0.2) is 4.68 Å². The van der Waals surface area contributed by atoms with Crippen molar-refractivity contribution in [1.82, 2.24) is 14.9 Å². The van der Waals surface area contributed by atoms with Crippen LogP contribution in [0.5, 0.6) is 0 Å². The molecule has 0 N–H and O–H groups in total. The molecule has 0 aliphatic carbocycles. The zero-order chi connectivity index (χ0) is 23.0. The zero-order valence-corrected chi connectivity index (χ0v) is 17.7. The van der Waals surface area contributed by atoms with Gasteiger partial charge in [-0.05, 0) is 17.7 Å². The van der Waals surface area contributed by atoms with Crippen LogP contribution in [0.15, 0.2) is 95.5 Å². The highest BCUT2D eigenvalue weighted by Crippen LogP contribution is 2.47. The third kappa shape index (κ3) is 3.81. The molecule has 0 spiro atoms. The molecule has 0 saturated heterocycles. The van der Waals surface area contributed by atoms with Crippen molar-refractivity contribution in [2.24, 2.45) is 0 Å². The van der Waals surface area contributed by atoms with Crippen molar-refractivity contribution in [2.45, 2.75) is 6.18 Å². The van der Waals surface area contributed by atoms with E-state index in [-0.39, 0.29) is 16.4 Å². The van der Waals surface area contributed by atoms with Gasteiger partial charge in [-0.3, -0.25) is 0 Å². The lowest BCUT2D eigenvalue weighted by molar-refractivity contribution is -0.140. The molecule has 3 aromatic carbocycles. The van der Waals surface area contributed by atoms with Crippen LogP contribution in [0.1, 0.15) is 5.69 Å². The van der Waals surface area contributed by atoms with Gasteiger partial charge in [0.05, 0.1) is 16.8 Å². The summed E-state index contributed by atoms with van der Waals surface area (Å²) in [6.45, 7) is 0. The highest BCUT2D eigenvalue weighted by atomic mass is 35.5. The molecule has 5 aromatic rings. The highest BCUT2D eigenvalue weighted by molar-refractivity contribution is 6.33. The van der Waals surface area contributed by atoms with Crippen molar-refractivity contribution in [3.8, 4) is 39.4 Å². The van der Waals surface area contributed by atoms with E-state index in [0.29, 0.717) is 28.1 Å². The molecular formula is C25H15ClF3N3O. The minimum Gasteiger partial charge on any atom is -0.355 e. The topological polar surface area (TPSA) is 43.9 Å². The second-order valence-corrected chi connectivity index (χ2v) is 7.58. The van der Waals surface area contributed by atoms with Crippen LogP contribution in [0.25, 0.3) is 39.4 Å². The number of aromatic nitrogens is 3. The molecule has 2 heterocycles. The first-order valence-corrected chi connectivity index (χ1v) is 10.3. The van der Waals surface area contributed by atoms with Gasteiger partial charge in [0.1, 0.15) is 10.8 Å². The molecule has 0 bridgehead atoms. The summed E-state index contributed by atoms with van der Waals surface area (Å²) < 4.78 is 49.0. The second-order valence-electron chi connectivity index (χ2n) is 7.23. The average molecular weight is 466 g/mol. The predicted molar refractivity (Wildman–Crippen MR) is 120 cm³/mol. The van der Waals surface area contributed by atoms with Gasteiger partial charge >= 0.3 is 6.18 Å². The van der Waals surface area contributed by atoms with Gasteiger partial charge in [0.25, 0.3) is 0 Å². The lowest BCUT2D eigenvalue weighted by atomic mass is 9.96. The zero-order valence-electron chi connectivity index (χ0n) is 16.9. The number of nitrogens with zero attached hydrogens (tertiary/aromatic N) is 3. The highest BCUT2D eigenvalue weighted by Gasteiger charge is 2.42. The van der Waals surface area contributed by atoms with E-state index in [9.17, 15) is 13.2 Å². The Hall–Kier alpha value is -3.84. The van der Waals surface area contributed by atoms with Crippen molar-refractivity contribution in [2.75, 3.05) is 0 Å². The van der Waals surface area contributed by atoms with Gasteiger partial charge in [-0.15, -0.1) is 0 Å². The minimum atomic E-state index is -4.77. The summed E-state index contributed by atoms with van der Waals surface area (Å²) in [5, 5.41) is 7.68. The molecule has 0 fully saturated rings. The number of halogens is 4. The SMILES string of the molecule is FC(F)(F)c1nn(-c2ccccc2)c(Cl)c1-c1noc(-c2ccccc2)c1-c1ccccc1. The smallest absolute Gasteiger partial charge is 0.355 e. The monoisotopic (exact) mass is 465 g/mol. The summed E-state index contributed by atoms with van der Waals surface area (Å²) in [5.41, 5.74) is 0.618. The Morgan fingerprint density at radius 1 is 0.727 bits per heavy atom. The number of hydrogen-bond donors (Lipinski definition) is 0. The Labute approximate surface area is 191 Å². The first kappa shape index (κ1) is 21.0. The van der Waals surface area contributed by atoms with Crippen LogP contribution in [0.4, 0.5) is 13.2 Å². The van der Waals surface area contributed by atoms with Crippen molar-refractivity contribution in [3.05, 3.63) is 102 Å². The molecule has 4 nitrogen and oxygen atoms in total. The van der Waals surface area contributed by atoms with Gasteiger partial charge in [0, 0.05) is 5.56 Å². The Morgan fingerprint density at radius 3 is 1.85 bits per heavy atom. The molecule has 164 valence electrons. The van der Waals surface area contributed by atoms with Crippen LogP contribution in [0.3, 0.4) is 0 Å². The Kier molecular flexibility index (Phi) is 5.26. The summed E-state index contributed by atoms with van der Waals surface area (Å²) in [4.78, 5) is 0. The second kappa shape index (κ2) is 8.26. The maximum absolute atomic E-state index is 14.1. The van der Waals surface area contributed by atoms with E-state index in [1.165, 1.54) is 0 Å². The van der Waals surface area contributed by atoms with E-state index in [1.807, 2.05) is 24.3 Å². The molecule has 0 amide bonds. The summed E-state index contributed by atoms with van der Waals surface area (Å²) in [5.74, 6) is 0.341. The van der Waals surface area contributed by atoms with E-state index in [1.54, 1.807) is 66.7 Å². The summed E-state index contributed by atoms with van der Waals surface area (Å²) >= 11 is 6.54. The lowest BCUT2D eigenvalue weighted by Crippen LogP contribution is -2.08. The van der Waals surface area contributed by atoms with Crippen LogP contribution in [0.2, 0.25) is 5.15 Å². The maximum atomic E-state index is 14.1. The van der Waals surface area contributed by atoms with Gasteiger partial charge in [-0.1, -0.05) is 95.6 Å². The number of alkyl halides is 3. The maximum Gasteiger partial charge on any atom is 0.435 e. The molecule has 0 radical (unpaired) electrons. The first-order chi connectivity index (χ1) is 15.9. The third-order valence-corrected chi connectivity index (χ3v) is 5.47. The molecule has 0 saturated carbocycles. The predicted octanol–water partition coefficient (Wildman–Crippen LogP) is 7.53. The lowest BCUT2D eigenvalue weighted by Gasteiger charge is -2.07. The number of benzene rings is 3. The molecule has 33 heavy (non-hydrogen) atoms. The molecular weight excluding hydrogens is 451 g/mol. The molecule has 0 aliphatic rings. The van der Waals surface area contributed by atoms with Crippen LogP contribution < -0.4 is 0 Å². The van der Waals surface area contributed by atoms with Gasteiger partial charge in [-0.2, -0.15) is 18.3 Å². The van der Waals surface area contributed by atoms with Gasteiger partial charge in [0.15, 0.2) is 11.5 Å². The van der Waals surface area contributed by atoms with Gasteiger partial charge in [0.2, 0.25) is 0 Å². The largest absolute Gasteiger partial charge is 0.435 e. The van der Waals surface area contributed by atoms with Gasteiger partial charge < -0.3 is 4.52 Å². The standard InChI is InChI=1S/C25H15ClF3N3O/c26-24-20(23(25(27,28)29)30-32(24)18-14-8-3-9-15-18)21-19(16-10-4-1-5-11-16)22(33-31-21)17-12-6-2-7-13-17/h1-15H. The Morgan fingerprint density at radius 2 is 1.27 bits per heavy atom. The van der Waals surface area contributed by atoms with E-state index in [0.717, 1.165) is 4.68 Å². The van der Waals surface area contributed by atoms with E-state index in [4.69, 9.17) is 16.1 Å². The quantitative estimate of drug-likeness (QED) is 0.275. The molecule has 0 atom stereocenters. The average Bonchev–Trinajstić information content (AvgIpc) is 3.42. The molecule has 0 aliphatic heterocycles. The summed E-state index contributed by atoms with van der Waals surface area (Å²) in [6.07, 6.45) is -4.77. The van der Waals surface area contributed by atoms with Crippen LogP contribution in [-0.4, -0.2) is 14.9 Å². The van der Waals surface area contributed by atoms with E-state index < -0.39 is 11.9 Å².